The Hall–Kier alpha value is -0.810. The zero-order valence-corrected chi connectivity index (χ0v) is 9.82. The maximum atomic E-state index is 10.0. The van der Waals surface area contributed by atoms with Crippen molar-refractivity contribution in [2.24, 2.45) is 10.9 Å². The third kappa shape index (κ3) is 4.48. The van der Waals surface area contributed by atoms with Crippen LogP contribution in [0.5, 0.6) is 0 Å². The predicted molar refractivity (Wildman–Crippen MR) is 61.0 cm³/mol. The number of hydrogen-bond acceptors (Lipinski definition) is 4. The van der Waals surface area contributed by atoms with Crippen LogP contribution >= 0.6 is 0 Å². The Bertz CT molecular complexity index is 203. The lowest BCUT2D eigenvalue weighted by Crippen LogP contribution is -2.48. The Morgan fingerprint density at radius 2 is 1.93 bits per heavy atom. The van der Waals surface area contributed by atoms with Crippen LogP contribution in [0.25, 0.3) is 0 Å². The summed E-state index contributed by atoms with van der Waals surface area (Å²) in [5.41, 5.74) is 4.79. The highest BCUT2D eigenvalue weighted by Gasteiger charge is 2.23. The third-order valence-electron chi connectivity index (χ3n) is 2.87. The molecule has 0 heterocycles. The van der Waals surface area contributed by atoms with E-state index in [0.717, 1.165) is 6.42 Å². The molecule has 0 rings (SSSR count). The second kappa shape index (κ2) is 6.63. The Labute approximate surface area is 91.4 Å². The van der Waals surface area contributed by atoms with Crippen molar-refractivity contribution in [1.82, 2.24) is 5.32 Å². The summed E-state index contributed by atoms with van der Waals surface area (Å²) in [5.74, 6) is 0.159. The Morgan fingerprint density at radius 3 is 2.27 bits per heavy atom. The van der Waals surface area contributed by atoms with Crippen molar-refractivity contribution in [2.75, 3.05) is 6.54 Å². The smallest absolute Gasteiger partial charge is 0.156 e. The molecular formula is C10H23N3O2. The van der Waals surface area contributed by atoms with Crippen LogP contribution in [-0.2, 0) is 0 Å². The van der Waals surface area contributed by atoms with Crippen LogP contribution in [-0.4, -0.2) is 34.3 Å². The van der Waals surface area contributed by atoms with Crippen molar-refractivity contribution in [3.05, 3.63) is 0 Å². The minimum Gasteiger partial charge on any atom is -0.409 e. The highest BCUT2D eigenvalue weighted by Crippen LogP contribution is 2.13. The number of aliphatic hydroxyl groups is 1. The van der Waals surface area contributed by atoms with Crippen molar-refractivity contribution in [1.29, 1.82) is 0 Å². The fourth-order valence-electron chi connectivity index (χ4n) is 1.34. The van der Waals surface area contributed by atoms with Gasteiger partial charge >= 0.3 is 0 Å². The molecule has 0 amide bonds. The zero-order chi connectivity index (χ0) is 11.9. The van der Waals surface area contributed by atoms with Gasteiger partial charge in [-0.25, -0.2) is 0 Å². The molecule has 0 saturated heterocycles. The number of hydrogen-bond donors (Lipinski definition) is 4. The van der Waals surface area contributed by atoms with Gasteiger partial charge in [-0.05, 0) is 19.3 Å². The molecule has 5 heteroatoms. The summed E-state index contributed by atoms with van der Waals surface area (Å²) >= 11 is 0. The van der Waals surface area contributed by atoms with Gasteiger partial charge in [0.25, 0.3) is 0 Å². The second-order valence-corrected chi connectivity index (χ2v) is 3.80. The molecule has 0 aliphatic carbocycles. The quantitative estimate of drug-likeness (QED) is 0.218. The molecule has 5 nitrogen and oxygen atoms in total. The Balaban J connectivity index is 4.22. The van der Waals surface area contributed by atoms with E-state index in [1.165, 1.54) is 0 Å². The molecule has 5 N–H and O–H groups in total. The standard InChI is InChI=1S/C10H23N3O2/c1-4-8(9(11)13-15)12-7-10(14,5-2)6-3/h8,12,14-15H,4-7H2,1-3H3,(H2,11,13). The fraction of sp³-hybridized carbons (Fsp3) is 0.900. The van der Waals surface area contributed by atoms with Gasteiger partial charge in [-0.3, -0.25) is 0 Å². The molecule has 0 aliphatic heterocycles. The second-order valence-electron chi connectivity index (χ2n) is 3.80. The molecule has 0 fully saturated rings. The van der Waals surface area contributed by atoms with Gasteiger partial charge in [0, 0.05) is 6.54 Å². The lowest BCUT2D eigenvalue weighted by molar-refractivity contribution is 0.0314. The van der Waals surface area contributed by atoms with Crippen molar-refractivity contribution in [3.8, 4) is 0 Å². The van der Waals surface area contributed by atoms with E-state index < -0.39 is 5.60 Å². The minimum absolute atomic E-state index is 0.159. The average molecular weight is 217 g/mol. The van der Waals surface area contributed by atoms with E-state index in [9.17, 15) is 5.11 Å². The van der Waals surface area contributed by atoms with Gasteiger partial charge in [-0.1, -0.05) is 25.9 Å². The number of nitrogens with two attached hydrogens (primary N) is 1. The highest BCUT2D eigenvalue weighted by molar-refractivity contribution is 5.85. The monoisotopic (exact) mass is 217 g/mol. The van der Waals surface area contributed by atoms with Crippen LogP contribution < -0.4 is 11.1 Å². The van der Waals surface area contributed by atoms with E-state index in [-0.39, 0.29) is 11.9 Å². The largest absolute Gasteiger partial charge is 0.409 e. The number of oxime groups is 1. The Kier molecular flexibility index (Phi) is 6.27. The van der Waals surface area contributed by atoms with Gasteiger partial charge in [-0.15, -0.1) is 0 Å². The first-order chi connectivity index (χ1) is 7.02. The average Bonchev–Trinajstić information content (AvgIpc) is 2.29. The molecule has 0 bridgehead atoms. The molecule has 0 saturated carbocycles. The van der Waals surface area contributed by atoms with E-state index in [1.54, 1.807) is 0 Å². The number of amidine groups is 1. The van der Waals surface area contributed by atoms with Gasteiger partial charge in [0.1, 0.15) is 0 Å². The highest BCUT2D eigenvalue weighted by atomic mass is 16.4. The predicted octanol–water partition coefficient (Wildman–Crippen LogP) is 0.652. The maximum Gasteiger partial charge on any atom is 0.156 e. The molecule has 0 aliphatic rings. The summed E-state index contributed by atoms with van der Waals surface area (Å²) in [5, 5.41) is 24.6. The molecule has 0 aromatic carbocycles. The van der Waals surface area contributed by atoms with Crippen LogP contribution in [0.3, 0.4) is 0 Å². The topological polar surface area (TPSA) is 90.9 Å². The van der Waals surface area contributed by atoms with Crippen molar-refractivity contribution < 1.29 is 10.3 Å². The minimum atomic E-state index is -0.705. The lowest BCUT2D eigenvalue weighted by Gasteiger charge is -2.28. The normalized spacial score (nSPS) is 15.3. The van der Waals surface area contributed by atoms with E-state index in [0.29, 0.717) is 19.4 Å². The molecule has 0 aromatic heterocycles. The summed E-state index contributed by atoms with van der Waals surface area (Å²) in [6.07, 6.45) is 2.09. The van der Waals surface area contributed by atoms with Gasteiger partial charge in [-0.2, -0.15) is 0 Å². The molecular weight excluding hydrogens is 194 g/mol. The maximum absolute atomic E-state index is 10.0. The summed E-state index contributed by atoms with van der Waals surface area (Å²) in [7, 11) is 0. The first kappa shape index (κ1) is 14.2. The van der Waals surface area contributed by atoms with E-state index in [4.69, 9.17) is 10.9 Å². The summed E-state index contributed by atoms with van der Waals surface area (Å²) in [6.45, 7) is 6.27. The first-order valence-corrected chi connectivity index (χ1v) is 5.46. The summed E-state index contributed by atoms with van der Waals surface area (Å²) in [4.78, 5) is 0. The van der Waals surface area contributed by atoms with Gasteiger partial charge in [0.15, 0.2) is 5.84 Å². The van der Waals surface area contributed by atoms with E-state index in [2.05, 4.69) is 10.5 Å². The van der Waals surface area contributed by atoms with Crippen LogP contribution in [0.15, 0.2) is 5.16 Å². The molecule has 0 spiro atoms. The van der Waals surface area contributed by atoms with Gasteiger partial charge in [0.05, 0.1) is 11.6 Å². The van der Waals surface area contributed by atoms with E-state index >= 15 is 0 Å². The van der Waals surface area contributed by atoms with Crippen LogP contribution in [0.1, 0.15) is 40.0 Å². The number of nitrogens with one attached hydrogen (secondary N) is 1. The molecule has 1 unspecified atom stereocenters. The third-order valence-corrected chi connectivity index (χ3v) is 2.87. The fourth-order valence-corrected chi connectivity index (χ4v) is 1.34. The van der Waals surface area contributed by atoms with Crippen LogP contribution in [0.2, 0.25) is 0 Å². The van der Waals surface area contributed by atoms with Crippen molar-refractivity contribution in [2.45, 2.75) is 51.7 Å². The lowest BCUT2D eigenvalue weighted by atomic mass is 9.97. The summed E-state index contributed by atoms with van der Waals surface area (Å²) < 4.78 is 0. The number of nitrogens with zero attached hydrogens (tertiary/aromatic N) is 1. The van der Waals surface area contributed by atoms with Crippen LogP contribution in [0, 0.1) is 0 Å². The number of rotatable bonds is 7. The van der Waals surface area contributed by atoms with Gasteiger partial charge < -0.3 is 21.4 Å². The molecule has 1 atom stereocenters. The summed E-state index contributed by atoms with van der Waals surface area (Å²) in [6, 6.07) is -0.181. The Morgan fingerprint density at radius 1 is 1.40 bits per heavy atom. The molecule has 15 heavy (non-hydrogen) atoms. The molecule has 90 valence electrons. The van der Waals surface area contributed by atoms with Crippen molar-refractivity contribution in [3.63, 3.8) is 0 Å². The first-order valence-electron chi connectivity index (χ1n) is 5.46. The SMILES string of the molecule is CCC(NCC(O)(CC)CC)C(N)=NO. The zero-order valence-electron chi connectivity index (χ0n) is 9.82. The van der Waals surface area contributed by atoms with E-state index in [1.807, 2.05) is 20.8 Å². The van der Waals surface area contributed by atoms with Crippen molar-refractivity contribution >= 4 is 5.84 Å². The molecule has 0 aromatic rings. The van der Waals surface area contributed by atoms with Gasteiger partial charge in [0.2, 0.25) is 0 Å². The van der Waals surface area contributed by atoms with Crippen LogP contribution in [0.4, 0.5) is 0 Å². The molecule has 0 radical (unpaired) electrons.